The van der Waals surface area contributed by atoms with E-state index in [9.17, 15) is 4.79 Å². The van der Waals surface area contributed by atoms with Crippen molar-refractivity contribution in [1.29, 1.82) is 0 Å². The van der Waals surface area contributed by atoms with Gasteiger partial charge in [-0.3, -0.25) is 4.79 Å². The van der Waals surface area contributed by atoms with Gasteiger partial charge in [-0.15, -0.1) is 10.2 Å². The van der Waals surface area contributed by atoms with Crippen LogP contribution in [0.25, 0.3) is 11.5 Å². The van der Waals surface area contributed by atoms with Crippen LogP contribution in [0.2, 0.25) is 0 Å². The molecule has 0 atom stereocenters. The molecule has 1 aromatic heterocycles. The summed E-state index contributed by atoms with van der Waals surface area (Å²) in [6.07, 6.45) is 0. The zero-order chi connectivity index (χ0) is 17.6. The van der Waals surface area contributed by atoms with Gasteiger partial charge in [0, 0.05) is 18.2 Å². The molecule has 3 aromatic rings. The summed E-state index contributed by atoms with van der Waals surface area (Å²) < 4.78 is 16.3. The fourth-order valence-electron chi connectivity index (χ4n) is 2.18. The molecule has 3 rings (SSSR count). The first-order valence-corrected chi connectivity index (χ1v) is 7.61. The molecule has 25 heavy (non-hydrogen) atoms. The number of nitrogens with one attached hydrogen (secondary N) is 1. The Morgan fingerprint density at radius 1 is 1.12 bits per heavy atom. The van der Waals surface area contributed by atoms with Crippen molar-refractivity contribution in [2.75, 3.05) is 14.2 Å². The lowest BCUT2D eigenvalue weighted by atomic mass is 10.2. The van der Waals surface area contributed by atoms with E-state index in [0.717, 1.165) is 11.3 Å². The highest BCUT2D eigenvalue weighted by atomic mass is 16.5. The normalized spacial score (nSPS) is 10.3. The number of hydrogen-bond acceptors (Lipinski definition) is 6. The Kier molecular flexibility index (Phi) is 4.94. The van der Waals surface area contributed by atoms with Crippen molar-refractivity contribution in [2.24, 2.45) is 0 Å². The molecular formula is C18H17N3O4. The molecule has 0 aliphatic rings. The van der Waals surface area contributed by atoms with Gasteiger partial charge in [0.1, 0.15) is 11.5 Å². The molecule has 7 heteroatoms. The van der Waals surface area contributed by atoms with Gasteiger partial charge < -0.3 is 19.2 Å². The van der Waals surface area contributed by atoms with Crippen molar-refractivity contribution in [2.45, 2.75) is 6.61 Å². The van der Waals surface area contributed by atoms with Crippen LogP contribution < -0.4 is 14.8 Å². The Morgan fingerprint density at radius 2 is 1.92 bits per heavy atom. The van der Waals surface area contributed by atoms with Gasteiger partial charge >= 0.3 is 0 Å². The molecular weight excluding hydrogens is 322 g/mol. The minimum atomic E-state index is -0.176. The van der Waals surface area contributed by atoms with Gasteiger partial charge in [0.15, 0.2) is 6.61 Å². The molecule has 0 bridgehead atoms. The molecule has 0 unspecified atom stereocenters. The molecule has 0 saturated carbocycles. The van der Waals surface area contributed by atoms with Gasteiger partial charge in [-0.05, 0) is 42.5 Å². The summed E-state index contributed by atoms with van der Waals surface area (Å²) in [6, 6.07) is 14.2. The molecule has 0 fully saturated rings. The maximum absolute atomic E-state index is 11.6. The molecule has 0 saturated heterocycles. The Morgan fingerprint density at radius 3 is 2.64 bits per heavy atom. The number of aromatic nitrogens is 2. The third-order valence-corrected chi connectivity index (χ3v) is 3.49. The second-order valence-corrected chi connectivity index (χ2v) is 5.13. The molecule has 1 heterocycles. The molecule has 0 aliphatic carbocycles. The Hall–Kier alpha value is -3.35. The number of rotatable bonds is 6. The predicted molar refractivity (Wildman–Crippen MR) is 90.5 cm³/mol. The zero-order valence-electron chi connectivity index (χ0n) is 13.9. The molecule has 1 N–H and O–H groups in total. The Labute approximate surface area is 144 Å². The van der Waals surface area contributed by atoms with Crippen molar-refractivity contribution < 1.29 is 18.7 Å². The van der Waals surface area contributed by atoms with E-state index in [1.54, 1.807) is 38.4 Å². The Balaban J connectivity index is 1.66. The van der Waals surface area contributed by atoms with Crippen molar-refractivity contribution in [1.82, 2.24) is 15.5 Å². The number of benzene rings is 2. The number of carbonyl (C=O) groups excluding carboxylic acids is 1. The molecule has 128 valence electrons. The first-order chi connectivity index (χ1) is 12.2. The van der Waals surface area contributed by atoms with Crippen molar-refractivity contribution in [3.05, 3.63) is 60.0 Å². The third-order valence-electron chi connectivity index (χ3n) is 3.49. The zero-order valence-corrected chi connectivity index (χ0v) is 13.9. The summed E-state index contributed by atoms with van der Waals surface area (Å²) in [6.45, 7) is 0.111. The molecule has 0 aliphatic heterocycles. The summed E-state index contributed by atoms with van der Waals surface area (Å²) in [4.78, 5) is 11.6. The van der Waals surface area contributed by atoms with E-state index < -0.39 is 0 Å². The van der Waals surface area contributed by atoms with Crippen LogP contribution in [0.5, 0.6) is 11.5 Å². The van der Waals surface area contributed by atoms with Crippen LogP contribution in [-0.4, -0.2) is 30.3 Å². The van der Waals surface area contributed by atoms with E-state index in [2.05, 4.69) is 15.5 Å². The lowest BCUT2D eigenvalue weighted by Gasteiger charge is -2.05. The second-order valence-electron chi connectivity index (χ2n) is 5.13. The second kappa shape index (κ2) is 7.48. The van der Waals surface area contributed by atoms with Crippen molar-refractivity contribution in [3.63, 3.8) is 0 Å². The smallest absolute Gasteiger partial charge is 0.254 e. The van der Waals surface area contributed by atoms with Gasteiger partial charge in [0.05, 0.1) is 7.11 Å². The quantitative estimate of drug-likeness (QED) is 0.743. The maximum atomic E-state index is 11.6. The van der Waals surface area contributed by atoms with Crippen LogP contribution in [0.15, 0.2) is 52.9 Å². The Bertz CT molecular complexity index is 859. The van der Waals surface area contributed by atoms with Gasteiger partial charge in [0.25, 0.3) is 11.8 Å². The summed E-state index contributed by atoms with van der Waals surface area (Å²) in [5, 5.41) is 10.6. The van der Waals surface area contributed by atoms with Crippen LogP contribution in [0.3, 0.4) is 0 Å². The van der Waals surface area contributed by atoms with Crippen LogP contribution in [0.4, 0.5) is 0 Å². The number of ether oxygens (including phenoxy) is 2. The van der Waals surface area contributed by atoms with E-state index in [-0.39, 0.29) is 12.5 Å². The highest BCUT2D eigenvalue weighted by molar-refractivity contribution is 5.94. The highest BCUT2D eigenvalue weighted by Crippen LogP contribution is 2.22. The fraction of sp³-hybridized carbons (Fsp3) is 0.167. The van der Waals surface area contributed by atoms with Crippen molar-refractivity contribution >= 4 is 5.91 Å². The summed E-state index contributed by atoms with van der Waals surface area (Å²) >= 11 is 0. The molecule has 0 radical (unpaired) electrons. The van der Waals surface area contributed by atoms with E-state index in [1.165, 1.54) is 0 Å². The molecule has 0 spiro atoms. The monoisotopic (exact) mass is 339 g/mol. The topological polar surface area (TPSA) is 86.5 Å². The average molecular weight is 339 g/mol. The van der Waals surface area contributed by atoms with Crippen LogP contribution in [0, 0.1) is 0 Å². The van der Waals surface area contributed by atoms with Gasteiger partial charge in [0.2, 0.25) is 5.89 Å². The molecule has 1 amide bonds. The maximum Gasteiger partial charge on any atom is 0.254 e. The number of carbonyl (C=O) groups is 1. The first-order valence-electron chi connectivity index (χ1n) is 7.61. The fourth-order valence-corrected chi connectivity index (χ4v) is 2.18. The SMILES string of the molecule is CNC(=O)c1cccc(OCc2nnc(-c3ccc(OC)cc3)o2)c1. The summed E-state index contributed by atoms with van der Waals surface area (Å²) in [5.41, 5.74) is 1.31. The van der Waals surface area contributed by atoms with E-state index in [1.807, 2.05) is 24.3 Å². The lowest BCUT2D eigenvalue weighted by Crippen LogP contribution is -2.17. The molecule has 2 aromatic carbocycles. The largest absolute Gasteiger partial charge is 0.497 e. The van der Waals surface area contributed by atoms with Gasteiger partial charge in [-0.1, -0.05) is 6.07 Å². The number of methoxy groups -OCH3 is 1. The van der Waals surface area contributed by atoms with E-state index in [0.29, 0.717) is 23.1 Å². The van der Waals surface area contributed by atoms with Crippen LogP contribution in [0.1, 0.15) is 16.2 Å². The lowest BCUT2D eigenvalue weighted by molar-refractivity contribution is 0.0962. The molecule has 7 nitrogen and oxygen atoms in total. The van der Waals surface area contributed by atoms with Gasteiger partial charge in [-0.25, -0.2) is 0 Å². The number of hydrogen-bond donors (Lipinski definition) is 1. The van der Waals surface area contributed by atoms with E-state index in [4.69, 9.17) is 13.9 Å². The first kappa shape index (κ1) is 16.5. The van der Waals surface area contributed by atoms with Crippen LogP contribution >= 0.6 is 0 Å². The summed E-state index contributed by atoms with van der Waals surface area (Å²) in [7, 11) is 3.19. The van der Waals surface area contributed by atoms with Gasteiger partial charge in [-0.2, -0.15) is 0 Å². The average Bonchev–Trinajstić information content (AvgIpc) is 3.15. The standard InChI is InChI=1S/C18H17N3O4/c1-19-17(22)13-4-3-5-15(10-13)24-11-16-20-21-18(25-16)12-6-8-14(23-2)9-7-12/h3-10H,11H2,1-2H3,(H,19,22). The number of nitrogens with zero attached hydrogens (tertiary/aromatic N) is 2. The minimum absolute atomic E-state index is 0.111. The van der Waals surface area contributed by atoms with E-state index >= 15 is 0 Å². The third kappa shape index (κ3) is 3.95. The minimum Gasteiger partial charge on any atom is -0.497 e. The number of amides is 1. The highest BCUT2D eigenvalue weighted by Gasteiger charge is 2.10. The van der Waals surface area contributed by atoms with Crippen LogP contribution in [-0.2, 0) is 6.61 Å². The van der Waals surface area contributed by atoms with Crippen molar-refractivity contribution in [3.8, 4) is 23.0 Å². The summed E-state index contributed by atoms with van der Waals surface area (Å²) in [5.74, 6) is 1.87. The predicted octanol–water partition coefficient (Wildman–Crippen LogP) is 2.68.